The maximum absolute atomic E-state index is 5.17. The van der Waals surface area contributed by atoms with Crippen molar-refractivity contribution in [1.82, 2.24) is 14.5 Å². The van der Waals surface area contributed by atoms with Crippen molar-refractivity contribution in [3.63, 3.8) is 0 Å². The fourth-order valence-corrected chi connectivity index (χ4v) is 6.24. The van der Waals surface area contributed by atoms with E-state index < -0.39 is 0 Å². The Bertz CT molecular complexity index is 2040. The number of imidazole rings is 1. The molecular formula is C41H33IrN3-2. The van der Waals surface area contributed by atoms with Gasteiger partial charge >= 0.3 is 0 Å². The molecule has 1 aliphatic rings. The predicted octanol–water partition coefficient (Wildman–Crippen LogP) is 10.0. The van der Waals surface area contributed by atoms with Crippen LogP contribution in [0.25, 0.3) is 50.5 Å². The molecule has 1 aliphatic carbocycles. The summed E-state index contributed by atoms with van der Waals surface area (Å²) in [5, 5.41) is 0. The zero-order valence-corrected chi connectivity index (χ0v) is 28.0. The summed E-state index contributed by atoms with van der Waals surface area (Å²) in [7, 11) is 0. The van der Waals surface area contributed by atoms with E-state index in [9.17, 15) is 0 Å². The number of benzene rings is 5. The molecule has 3 nitrogen and oxygen atoms in total. The Kier molecular flexibility index (Phi) is 8.89. The van der Waals surface area contributed by atoms with E-state index in [4.69, 9.17) is 4.98 Å². The molecule has 5 aromatic carbocycles. The molecule has 0 atom stereocenters. The Balaban J connectivity index is 0.000000231. The van der Waals surface area contributed by atoms with Crippen molar-refractivity contribution in [3.8, 4) is 39.5 Å². The van der Waals surface area contributed by atoms with Gasteiger partial charge in [0.25, 0.3) is 0 Å². The molecule has 2 aromatic heterocycles. The van der Waals surface area contributed by atoms with E-state index in [2.05, 4.69) is 121 Å². The molecule has 2 heterocycles. The fraction of sp³-hybridized carbons (Fsp3) is 0.122. The Morgan fingerprint density at radius 2 is 1.53 bits per heavy atom. The molecule has 8 rings (SSSR count). The smallest absolute Gasteiger partial charge is 0.0774 e. The third-order valence-electron chi connectivity index (χ3n) is 8.33. The first-order chi connectivity index (χ1) is 21.6. The van der Waals surface area contributed by atoms with Crippen LogP contribution < -0.4 is 0 Å². The third-order valence-corrected chi connectivity index (χ3v) is 8.33. The summed E-state index contributed by atoms with van der Waals surface area (Å²) >= 11 is 0. The van der Waals surface area contributed by atoms with Gasteiger partial charge in [-0.1, -0.05) is 86.1 Å². The molecule has 0 saturated carbocycles. The molecule has 0 amide bonds. The average Bonchev–Trinajstić information content (AvgIpc) is 3.64. The van der Waals surface area contributed by atoms with Crippen molar-refractivity contribution in [2.75, 3.05) is 0 Å². The second-order valence-corrected chi connectivity index (χ2v) is 11.5. The van der Waals surface area contributed by atoms with E-state index in [1.165, 1.54) is 39.1 Å². The summed E-state index contributed by atoms with van der Waals surface area (Å²) in [5.41, 5.74) is 14.5. The largest absolute Gasteiger partial charge is 0.333 e. The standard InChI is InChI=1S/C30H25N2.C11H8N.Ir/c1-19(2)22-13-8-10-20(3)29(22)32-28-17-7-6-16-27(28)31-30(32)25-15-9-14-24-23-12-5-4-11-21(23)18-26(24)25;1-2-6-10(7-3-1)11-8-4-5-9-12-11;/h4-14,16-17,19H,18H2,1-3H3;1-6,8-9H;/q2*-1;. The molecule has 0 spiro atoms. The van der Waals surface area contributed by atoms with Gasteiger partial charge in [0.05, 0.1) is 16.9 Å². The molecule has 0 aliphatic heterocycles. The molecule has 0 bridgehead atoms. The van der Waals surface area contributed by atoms with Gasteiger partial charge in [-0.3, -0.25) is 4.98 Å². The van der Waals surface area contributed by atoms with E-state index in [1.54, 1.807) is 6.20 Å². The van der Waals surface area contributed by atoms with Gasteiger partial charge < -0.3 is 9.55 Å². The SMILES string of the molecule is Cc1cccc(C(C)C)c1-n1c(-c2[c-]ccc3c2Cc2ccccc2-3)nc2ccccc21.[Ir].[c-]1ccccc1-c1ccccn1. The van der Waals surface area contributed by atoms with Crippen molar-refractivity contribution in [2.45, 2.75) is 33.1 Å². The Morgan fingerprint density at radius 3 is 2.33 bits per heavy atom. The van der Waals surface area contributed by atoms with Gasteiger partial charge in [-0.2, -0.15) is 0 Å². The number of fused-ring (bicyclic) bond motifs is 4. The van der Waals surface area contributed by atoms with Crippen molar-refractivity contribution in [1.29, 1.82) is 0 Å². The topological polar surface area (TPSA) is 30.7 Å². The summed E-state index contributed by atoms with van der Waals surface area (Å²) in [4.78, 5) is 9.39. The second kappa shape index (κ2) is 13.2. The molecule has 0 unspecified atom stereocenters. The first-order valence-corrected chi connectivity index (χ1v) is 15.2. The van der Waals surface area contributed by atoms with Crippen LogP contribution in [-0.4, -0.2) is 14.5 Å². The van der Waals surface area contributed by atoms with Crippen LogP contribution in [0, 0.1) is 19.1 Å². The number of rotatable bonds is 4. The van der Waals surface area contributed by atoms with E-state index in [0.717, 1.165) is 40.1 Å². The molecule has 0 N–H and O–H groups in total. The Labute approximate surface area is 279 Å². The van der Waals surface area contributed by atoms with Crippen LogP contribution >= 0.6 is 0 Å². The van der Waals surface area contributed by atoms with Gasteiger partial charge in [-0.05, 0) is 65.4 Å². The van der Waals surface area contributed by atoms with Crippen LogP contribution in [0.2, 0.25) is 0 Å². The minimum Gasteiger partial charge on any atom is -0.333 e. The average molecular weight is 760 g/mol. The first kappa shape index (κ1) is 30.4. The summed E-state index contributed by atoms with van der Waals surface area (Å²) in [5.74, 6) is 1.39. The van der Waals surface area contributed by atoms with Crippen molar-refractivity contribution in [3.05, 3.63) is 162 Å². The maximum Gasteiger partial charge on any atom is 0.0774 e. The Hall–Kier alpha value is -4.63. The predicted molar refractivity (Wildman–Crippen MR) is 181 cm³/mol. The fourth-order valence-electron chi connectivity index (χ4n) is 6.24. The zero-order valence-electron chi connectivity index (χ0n) is 25.6. The van der Waals surface area contributed by atoms with Crippen molar-refractivity contribution in [2.24, 2.45) is 0 Å². The van der Waals surface area contributed by atoms with Crippen LogP contribution in [0.3, 0.4) is 0 Å². The van der Waals surface area contributed by atoms with Crippen LogP contribution in [0.15, 0.2) is 128 Å². The van der Waals surface area contributed by atoms with Gasteiger partial charge in [0.15, 0.2) is 0 Å². The minimum absolute atomic E-state index is 0. The van der Waals surface area contributed by atoms with E-state index in [1.807, 2.05) is 42.5 Å². The molecule has 0 fully saturated rings. The number of hydrogen-bond acceptors (Lipinski definition) is 2. The molecule has 223 valence electrons. The number of hydrogen-bond donors (Lipinski definition) is 0. The number of para-hydroxylation sites is 3. The number of pyridine rings is 1. The van der Waals surface area contributed by atoms with Crippen LogP contribution in [-0.2, 0) is 26.5 Å². The normalized spacial score (nSPS) is 11.4. The van der Waals surface area contributed by atoms with Crippen LogP contribution in [0.5, 0.6) is 0 Å². The van der Waals surface area contributed by atoms with Gasteiger partial charge in [0.1, 0.15) is 0 Å². The van der Waals surface area contributed by atoms with E-state index >= 15 is 0 Å². The van der Waals surface area contributed by atoms with E-state index in [-0.39, 0.29) is 20.1 Å². The molecular weight excluding hydrogens is 727 g/mol. The summed E-state index contributed by atoms with van der Waals surface area (Å²) in [6, 6.07) is 48.5. The number of nitrogens with zero attached hydrogens (tertiary/aromatic N) is 3. The van der Waals surface area contributed by atoms with Gasteiger partial charge in [0, 0.05) is 32.0 Å². The summed E-state index contributed by atoms with van der Waals surface area (Å²) < 4.78 is 2.37. The van der Waals surface area contributed by atoms with Crippen molar-refractivity contribution >= 4 is 11.0 Å². The van der Waals surface area contributed by atoms with Crippen LogP contribution in [0.4, 0.5) is 0 Å². The van der Waals surface area contributed by atoms with Crippen molar-refractivity contribution < 1.29 is 20.1 Å². The molecule has 7 aromatic rings. The summed E-state index contributed by atoms with van der Waals surface area (Å²) in [6.45, 7) is 6.73. The zero-order chi connectivity index (χ0) is 30.0. The number of aromatic nitrogens is 3. The molecule has 0 saturated heterocycles. The number of aryl methyl sites for hydroxylation is 1. The Morgan fingerprint density at radius 1 is 0.733 bits per heavy atom. The first-order valence-electron chi connectivity index (χ1n) is 15.2. The quantitative estimate of drug-likeness (QED) is 0.167. The third kappa shape index (κ3) is 5.80. The molecule has 45 heavy (non-hydrogen) atoms. The minimum atomic E-state index is 0. The van der Waals surface area contributed by atoms with E-state index in [0.29, 0.717) is 5.92 Å². The molecule has 4 heteroatoms. The van der Waals surface area contributed by atoms with Gasteiger partial charge in [0.2, 0.25) is 0 Å². The maximum atomic E-state index is 5.17. The second-order valence-electron chi connectivity index (χ2n) is 11.5. The van der Waals surface area contributed by atoms with Gasteiger partial charge in [-0.25, -0.2) is 0 Å². The van der Waals surface area contributed by atoms with Gasteiger partial charge in [-0.15, -0.1) is 65.2 Å². The monoisotopic (exact) mass is 760 g/mol. The molecule has 1 radical (unpaired) electrons. The van der Waals surface area contributed by atoms with Crippen LogP contribution in [0.1, 0.15) is 42.0 Å². The summed E-state index contributed by atoms with van der Waals surface area (Å²) in [6.07, 6.45) is 2.71.